The summed E-state index contributed by atoms with van der Waals surface area (Å²) in [5, 5.41) is 3.02. The van der Waals surface area contributed by atoms with Gasteiger partial charge in [0.25, 0.3) is 0 Å². The van der Waals surface area contributed by atoms with Crippen molar-refractivity contribution in [2.24, 2.45) is 0 Å². The summed E-state index contributed by atoms with van der Waals surface area (Å²) in [5.74, 6) is 0. The first-order valence-electron chi connectivity index (χ1n) is 2.72. The predicted molar refractivity (Wildman–Crippen MR) is 45.8 cm³/mol. The highest BCUT2D eigenvalue weighted by molar-refractivity contribution is 8.10. The van der Waals surface area contributed by atoms with Gasteiger partial charge in [0.1, 0.15) is 6.73 Å². The van der Waals surface area contributed by atoms with Gasteiger partial charge in [-0.25, -0.2) is 0 Å². The van der Waals surface area contributed by atoms with E-state index in [4.69, 9.17) is 4.74 Å². The van der Waals surface area contributed by atoms with Crippen LogP contribution in [-0.4, -0.2) is 17.2 Å². The Morgan fingerprint density at radius 2 is 2.33 bits per heavy atom. The SMILES string of the molecule is CC(C)NCOC(=S)S. The lowest BCUT2D eigenvalue weighted by Crippen LogP contribution is -2.25. The van der Waals surface area contributed by atoms with Gasteiger partial charge < -0.3 is 4.74 Å². The summed E-state index contributed by atoms with van der Waals surface area (Å²) in [6.45, 7) is 4.51. The van der Waals surface area contributed by atoms with Crippen molar-refractivity contribution >= 4 is 29.2 Å². The summed E-state index contributed by atoms with van der Waals surface area (Å²) in [4.78, 5) is 0. The van der Waals surface area contributed by atoms with Gasteiger partial charge in [-0.05, 0) is 26.1 Å². The number of ether oxygens (including phenoxy) is 1. The standard InChI is InChI=1S/C5H11NOS2/c1-4(2)6-3-7-5(8)9/h4,6H,3H2,1-2H3,(H,8,9). The molecule has 0 heterocycles. The number of rotatable bonds is 3. The highest BCUT2D eigenvalue weighted by Gasteiger charge is 1.90. The molecule has 2 nitrogen and oxygen atoms in total. The Morgan fingerprint density at radius 3 is 2.67 bits per heavy atom. The summed E-state index contributed by atoms with van der Waals surface area (Å²) in [5.41, 5.74) is 0. The van der Waals surface area contributed by atoms with Crippen LogP contribution in [0.1, 0.15) is 13.8 Å². The molecule has 0 aromatic rings. The molecule has 0 rings (SSSR count). The third-order valence-corrected chi connectivity index (χ3v) is 0.934. The molecule has 0 radical (unpaired) electrons. The zero-order valence-electron chi connectivity index (χ0n) is 5.55. The third kappa shape index (κ3) is 8.20. The van der Waals surface area contributed by atoms with E-state index in [1.54, 1.807) is 0 Å². The zero-order valence-corrected chi connectivity index (χ0v) is 7.26. The Balaban J connectivity index is 3.01. The molecule has 0 amide bonds. The van der Waals surface area contributed by atoms with E-state index >= 15 is 0 Å². The van der Waals surface area contributed by atoms with E-state index in [-0.39, 0.29) is 4.38 Å². The second-order valence-corrected chi connectivity index (χ2v) is 2.99. The number of thiocarbonyl (C=S) groups is 1. The molecule has 0 saturated carbocycles. The molecule has 0 aliphatic rings. The Morgan fingerprint density at radius 1 is 1.78 bits per heavy atom. The molecule has 0 aromatic heterocycles. The summed E-state index contributed by atoms with van der Waals surface area (Å²) < 4.78 is 5.12. The van der Waals surface area contributed by atoms with Crippen LogP contribution in [0, 0.1) is 0 Å². The largest absolute Gasteiger partial charge is 0.463 e. The highest BCUT2D eigenvalue weighted by Crippen LogP contribution is 1.85. The quantitative estimate of drug-likeness (QED) is 0.372. The Bertz CT molecular complexity index is 95.0. The van der Waals surface area contributed by atoms with Crippen LogP contribution in [0.4, 0.5) is 0 Å². The van der Waals surface area contributed by atoms with E-state index in [9.17, 15) is 0 Å². The molecule has 0 aromatic carbocycles. The highest BCUT2D eigenvalue weighted by atomic mass is 32.1. The van der Waals surface area contributed by atoms with E-state index in [1.165, 1.54) is 0 Å². The summed E-state index contributed by atoms with van der Waals surface area (Å²) in [6.07, 6.45) is 0. The van der Waals surface area contributed by atoms with Crippen LogP contribution >= 0.6 is 24.8 Å². The van der Waals surface area contributed by atoms with Crippen molar-refractivity contribution in [1.29, 1.82) is 0 Å². The molecule has 4 heteroatoms. The molecule has 54 valence electrons. The average Bonchev–Trinajstić information content (AvgIpc) is 1.63. The fraction of sp³-hybridized carbons (Fsp3) is 0.800. The number of nitrogens with one attached hydrogen (secondary N) is 1. The van der Waals surface area contributed by atoms with Crippen LogP contribution < -0.4 is 5.32 Å². The maximum atomic E-state index is 4.84. The predicted octanol–water partition coefficient (Wildman–Crippen LogP) is 1.17. The van der Waals surface area contributed by atoms with Gasteiger partial charge in [-0.2, -0.15) is 0 Å². The van der Waals surface area contributed by atoms with E-state index in [2.05, 4.69) is 30.2 Å². The fourth-order valence-corrected chi connectivity index (χ4v) is 0.394. The van der Waals surface area contributed by atoms with Crippen molar-refractivity contribution in [2.75, 3.05) is 6.73 Å². The lowest BCUT2D eigenvalue weighted by molar-refractivity contribution is 0.273. The first kappa shape index (κ1) is 9.20. The van der Waals surface area contributed by atoms with Gasteiger partial charge in [-0.3, -0.25) is 5.32 Å². The van der Waals surface area contributed by atoms with Gasteiger partial charge in [0.2, 0.25) is 4.38 Å². The number of hydrogen-bond donors (Lipinski definition) is 2. The lowest BCUT2D eigenvalue weighted by Gasteiger charge is -2.07. The summed E-state index contributed by atoms with van der Waals surface area (Å²) in [7, 11) is 0. The van der Waals surface area contributed by atoms with E-state index in [0.29, 0.717) is 12.8 Å². The first-order chi connectivity index (χ1) is 4.13. The smallest absolute Gasteiger partial charge is 0.218 e. The van der Waals surface area contributed by atoms with Crippen molar-refractivity contribution in [3.63, 3.8) is 0 Å². The van der Waals surface area contributed by atoms with Crippen LogP contribution in [0.15, 0.2) is 0 Å². The van der Waals surface area contributed by atoms with Crippen LogP contribution in [0.5, 0.6) is 0 Å². The van der Waals surface area contributed by atoms with Gasteiger partial charge >= 0.3 is 0 Å². The van der Waals surface area contributed by atoms with Crippen molar-refractivity contribution in [1.82, 2.24) is 5.32 Å². The molecular formula is C5H11NOS2. The Kier molecular flexibility index (Phi) is 5.13. The summed E-state index contributed by atoms with van der Waals surface area (Å²) in [6, 6.07) is 0.424. The fourth-order valence-electron chi connectivity index (χ4n) is 0.270. The second kappa shape index (κ2) is 5.02. The number of thiol groups is 1. The molecule has 0 aliphatic carbocycles. The minimum atomic E-state index is 0.281. The van der Waals surface area contributed by atoms with Gasteiger partial charge in [0.15, 0.2) is 0 Å². The molecule has 0 bridgehead atoms. The maximum Gasteiger partial charge on any atom is 0.218 e. The molecule has 0 fully saturated rings. The molecule has 0 unspecified atom stereocenters. The molecule has 0 atom stereocenters. The normalized spacial score (nSPS) is 9.78. The van der Waals surface area contributed by atoms with Crippen molar-refractivity contribution < 1.29 is 4.74 Å². The molecular weight excluding hydrogens is 154 g/mol. The minimum Gasteiger partial charge on any atom is -0.463 e. The van der Waals surface area contributed by atoms with Crippen LogP contribution in [0.2, 0.25) is 0 Å². The number of hydrogen-bond acceptors (Lipinski definition) is 3. The second-order valence-electron chi connectivity index (χ2n) is 1.91. The first-order valence-corrected chi connectivity index (χ1v) is 3.57. The monoisotopic (exact) mass is 165 g/mol. The van der Waals surface area contributed by atoms with Crippen molar-refractivity contribution in [3.05, 3.63) is 0 Å². The average molecular weight is 165 g/mol. The van der Waals surface area contributed by atoms with E-state index in [1.807, 2.05) is 13.8 Å². The van der Waals surface area contributed by atoms with Gasteiger partial charge in [-0.15, -0.1) is 0 Å². The Hall–Kier alpha value is 0.200. The maximum absolute atomic E-state index is 4.84. The van der Waals surface area contributed by atoms with E-state index in [0.717, 1.165) is 0 Å². The lowest BCUT2D eigenvalue weighted by atomic mass is 10.4. The molecule has 0 aliphatic heterocycles. The van der Waals surface area contributed by atoms with Gasteiger partial charge in [0, 0.05) is 6.04 Å². The molecule has 0 saturated heterocycles. The van der Waals surface area contributed by atoms with E-state index < -0.39 is 0 Å². The summed E-state index contributed by atoms with van der Waals surface area (Å²) >= 11 is 8.32. The van der Waals surface area contributed by atoms with Gasteiger partial charge in [-0.1, -0.05) is 12.6 Å². The van der Waals surface area contributed by atoms with Crippen molar-refractivity contribution in [2.45, 2.75) is 19.9 Å². The van der Waals surface area contributed by atoms with Crippen LogP contribution in [0.3, 0.4) is 0 Å². The van der Waals surface area contributed by atoms with Crippen LogP contribution in [0.25, 0.3) is 0 Å². The topological polar surface area (TPSA) is 21.3 Å². The van der Waals surface area contributed by atoms with Gasteiger partial charge in [0.05, 0.1) is 0 Å². The Labute approximate surface area is 66.4 Å². The third-order valence-electron chi connectivity index (χ3n) is 0.687. The van der Waals surface area contributed by atoms with Crippen molar-refractivity contribution in [3.8, 4) is 0 Å². The van der Waals surface area contributed by atoms with Crippen LogP contribution in [-0.2, 0) is 4.74 Å². The molecule has 0 spiro atoms. The molecule has 9 heavy (non-hydrogen) atoms. The molecule has 1 N–H and O–H groups in total. The zero-order chi connectivity index (χ0) is 7.28. The minimum absolute atomic E-state index is 0.281.